The molecule has 4 N–H and O–H groups in total. The number of sulfone groups is 1. The molecule has 1 aromatic rings. The van der Waals surface area contributed by atoms with Crippen LogP contribution >= 0.6 is 0 Å². The van der Waals surface area contributed by atoms with Gasteiger partial charge in [-0.15, -0.1) is 0 Å². The molecular weight excluding hydrogens is 244 g/mol. The van der Waals surface area contributed by atoms with Crippen LogP contribution in [0, 0.1) is 0 Å². The summed E-state index contributed by atoms with van der Waals surface area (Å²) in [6, 6.07) is 4.69. The van der Waals surface area contributed by atoms with E-state index in [2.05, 4.69) is 5.32 Å². The van der Waals surface area contributed by atoms with Gasteiger partial charge in [0.2, 0.25) is 5.91 Å². The second-order valence-electron chi connectivity index (χ2n) is 3.57. The van der Waals surface area contributed by atoms with Crippen molar-refractivity contribution >= 4 is 21.4 Å². The third kappa shape index (κ3) is 3.81. The summed E-state index contributed by atoms with van der Waals surface area (Å²) in [7, 11) is -3.25. The maximum absolute atomic E-state index is 11.3. The summed E-state index contributed by atoms with van der Waals surface area (Å²) >= 11 is 0. The fourth-order valence-corrected chi connectivity index (χ4v) is 1.73. The summed E-state index contributed by atoms with van der Waals surface area (Å²) in [5.41, 5.74) is 5.73. The molecule has 0 aliphatic rings. The fraction of sp³-hybridized carbons (Fsp3) is 0.300. The van der Waals surface area contributed by atoms with Crippen LogP contribution in [0.25, 0.3) is 0 Å². The second-order valence-corrected chi connectivity index (χ2v) is 5.59. The Morgan fingerprint density at radius 1 is 1.41 bits per heavy atom. The van der Waals surface area contributed by atoms with Gasteiger partial charge in [0.15, 0.2) is 9.84 Å². The van der Waals surface area contributed by atoms with E-state index < -0.39 is 28.4 Å². The van der Waals surface area contributed by atoms with Crippen LogP contribution in [0.4, 0.5) is 5.69 Å². The van der Waals surface area contributed by atoms with E-state index in [0.717, 1.165) is 6.26 Å². The number of anilines is 1. The predicted octanol–water partition coefficient (Wildman–Crippen LogP) is -0.652. The summed E-state index contributed by atoms with van der Waals surface area (Å²) < 4.78 is 22.4. The van der Waals surface area contributed by atoms with Crippen LogP contribution in [0.1, 0.15) is 0 Å². The van der Waals surface area contributed by atoms with E-state index in [4.69, 9.17) is 10.8 Å². The molecule has 0 spiro atoms. The average Bonchev–Trinajstić information content (AvgIpc) is 2.27. The molecule has 1 unspecified atom stereocenters. The Morgan fingerprint density at radius 2 is 1.94 bits per heavy atom. The zero-order valence-corrected chi connectivity index (χ0v) is 10.1. The number of amides is 1. The molecule has 94 valence electrons. The van der Waals surface area contributed by atoms with E-state index in [1.54, 1.807) is 0 Å². The van der Waals surface area contributed by atoms with E-state index in [1.165, 1.54) is 24.3 Å². The number of hydrogen-bond donors (Lipinski definition) is 3. The molecule has 0 aliphatic carbocycles. The van der Waals surface area contributed by atoms with Gasteiger partial charge in [-0.05, 0) is 24.3 Å². The minimum Gasteiger partial charge on any atom is -0.394 e. The summed E-state index contributed by atoms with van der Waals surface area (Å²) in [6.45, 7) is -0.451. The Morgan fingerprint density at radius 3 is 2.35 bits per heavy atom. The lowest BCUT2D eigenvalue weighted by molar-refractivity contribution is -0.118. The van der Waals surface area contributed by atoms with Crippen molar-refractivity contribution in [2.24, 2.45) is 5.73 Å². The Labute approximate surface area is 99.4 Å². The second kappa shape index (κ2) is 5.26. The summed E-state index contributed by atoms with van der Waals surface area (Å²) in [4.78, 5) is 11.5. The van der Waals surface area contributed by atoms with E-state index in [-0.39, 0.29) is 4.90 Å². The molecule has 0 aromatic heterocycles. The first-order chi connectivity index (χ1) is 7.84. The van der Waals surface area contributed by atoms with Crippen molar-refractivity contribution in [3.05, 3.63) is 24.3 Å². The minimum absolute atomic E-state index is 0.168. The van der Waals surface area contributed by atoms with Crippen LogP contribution in [0.3, 0.4) is 0 Å². The molecule has 7 heteroatoms. The molecule has 6 nitrogen and oxygen atoms in total. The molecule has 0 aliphatic heterocycles. The number of rotatable bonds is 4. The standard InChI is InChI=1S/C10H14N2O4S/c1-17(15,16)8-4-2-7(3-5-8)12-10(14)9(11)6-13/h2-5,9,13H,6,11H2,1H3,(H,12,14). The quantitative estimate of drug-likeness (QED) is 0.664. The molecule has 1 atom stereocenters. The van der Waals surface area contributed by atoms with Crippen molar-refractivity contribution in [2.75, 3.05) is 18.2 Å². The normalized spacial score (nSPS) is 13.1. The van der Waals surface area contributed by atoms with Gasteiger partial charge in [-0.2, -0.15) is 0 Å². The van der Waals surface area contributed by atoms with Gasteiger partial charge >= 0.3 is 0 Å². The van der Waals surface area contributed by atoms with Gasteiger partial charge in [-0.3, -0.25) is 4.79 Å². The smallest absolute Gasteiger partial charge is 0.243 e. The maximum Gasteiger partial charge on any atom is 0.243 e. The van der Waals surface area contributed by atoms with Gasteiger partial charge in [0.05, 0.1) is 11.5 Å². The van der Waals surface area contributed by atoms with Gasteiger partial charge in [-0.1, -0.05) is 0 Å². The van der Waals surface area contributed by atoms with Crippen LogP contribution in [0.15, 0.2) is 29.2 Å². The number of benzene rings is 1. The molecule has 0 saturated carbocycles. The highest BCUT2D eigenvalue weighted by molar-refractivity contribution is 7.90. The molecule has 1 amide bonds. The van der Waals surface area contributed by atoms with E-state index in [0.29, 0.717) is 5.69 Å². The molecule has 17 heavy (non-hydrogen) atoms. The highest BCUT2D eigenvalue weighted by Crippen LogP contribution is 2.13. The van der Waals surface area contributed by atoms with Gasteiger partial charge in [0.25, 0.3) is 0 Å². The zero-order chi connectivity index (χ0) is 13.1. The lowest BCUT2D eigenvalue weighted by atomic mass is 10.2. The highest BCUT2D eigenvalue weighted by Gasteiger charge is 2.12. The Kier molecular flexibility index (Phi) is 4.22. The van der Waals surface area contributed by atoms with Crippen molar-refractivity contribution in [3.8, 4) is 0 Å². The number of nitrogens with two attached hydrogens (primary N) is 1. The zero-order valence-electron chi connectivity index (χ0n) is 9.25. The van der Waals surface area contributed by atoms with Crippen molar-refractivity contribution in [3.63, 3.8) is 0 Å². The van der Waals surface area contributed by atoms with Crippen LogP contribution in [0.2, 0.25) is 0 Å². The summed E-state index contributed by atoms with van der Waals surface area (Å²) in [5.74, 6) is -0.528. The van der Waals surface area contributed by atoms with Gasteiger partial charge < -0.3 is 16.2 Å². The maximum atomic E-state index is 11.3. The number of aliphatic hydroxyl groups is 1. The molecule has 1 rings (SSSR count). The minimum atomic E-state index is -3.25. The summed E-state index contributed by atoms with van der Waals surface area (Å²) in [5, 5.41) is 11.1. The van der Waals surface area contributed by atoms with Crippen LogP contribution in [0.5, 0.6) is 0 Å². The van der Waals surface area contributed by atoms with Crippen LogP contribution in [-0.4, -0.2) is 38.3 Å². The largest absolute Gasteiger partial charge is 0.394 e. The van der Waals surface area contributed by atoms with Crippen LogP contribution < -0.4 is 11.1 Å². The number of aliphatic hydroxyl groups excluding tert-OH is 1. The number of hydrogen-bond acceptors (Lipinski definition) is 5. The van der Waals surface area contributed by atoms with Gasteiger partial charge in [0.1, 0.15) is 6.04 Å². The molecule has 1 aromatic carbocycles. The first-order valence-electron chi connectivity index (χ1n) is 4.82. The van der Waals surface area contributed by atoms with Crippen molar-refractivity contribution < 1.29 is 18.3 Å². The van der Waals surface area contributed by atoms with Crippen molar-refractivity contribution in [1.82, 2.24) is 0 Å². The van der Waals surface area contributed by atoms with Gasteiger partial charge in [-0.25, -0.2) is 8.42 Å². The molecule has 0 fully saturated rings. The lowest BCUT2D eigenvalue weighted by Gasteiger charge is -2.09. The fourth-order valence-electron chi connectivity index (χ4n) is 1.10. The monoisotopic (exact) mass is 258 g/mol. The van der Waals surface area contributed by atoms with Crippen molar-refractivity contribution in [2.45, 2.75) is 10.9 Å². The SMILES string of the molecule is CS(=O)(=O)c1ccc(NC(=O)C(N)CO)cc1. The molecule has 0 bridgehead atoms. The number of carbonyl (C=O) groups is 1. The number of carbonyl (C=O) groups excluding carboxylic acids is 1. The Bertz CT molecular complexity index is 496. The molecular formula is C10H14N2O4S. The highest BCUT2D eigenvalue weighted by atomic mass is 32.2. The molecule has 0 radical (unpaired) electrons. The molecule has 0 saturated heterocycles. The topological polar surface area (TPSA) is 109 Å². The first kappa shape index (κ1) is 13.6. The third-order valence-corrected chi connectivity index (χ3v) is 3.21. The van der Waals surface area contributed by atoms with Crippen LogP contribution in [-0.2, 0) is 14.6 Å². The van der Waals surface area contributed by atoms with E-state index in [9.17, 15) is 13.2 Å². The van der Waals surface area contributed by atoms with E-state index in [1.807, 2.05) is 0 Å². The lowest BCUT2D eigenvalue weighted by Crippen LogP contribution is -2.38. The first-order valence-corrected chi connectivity index (χ1v) is 6.71. The Balaban J connectivity index is 2.79. The van der Waals surface area contributed by atoms with Gasteiger partial charge in [0, 0.05) is 11.9 Å². The third-order valence-electron chi connectivity index (χ3n) is 2.08. The average molecular weight is 258 g/mol. The summed E-state index contributed by atoms with van der Waals surface area (Å²) in [6.07, 6.45) is 1.10. The van der Waals surface area contributed by atoms with Crippen molar-refractivity contribution in [1.29, 1.82) is 0 Å². The predicted molar refractivity (Wildman–Crippen MR) is 63.2 cm³/mol. The molecule has 0 heterocycles. The number of nitrogens with one attached hydrogen (secondary N) is 1. The Hall–Kier alpha value is -1.44. The van der Waals surface area contributed by atoms with E-state index >= 15 is 0 Å².